The van der Waals surface area contributed by atoms with E-state index >= 15 is 0 Å². The minimum absolute atomic E-state index is 0.903. The summed E-state index contributed by atoms with van der Waals surface area (Å²) < 4.78 is 0.903. The summed E-state index contributed by atoms with van der Waals surface area (Å²) in [6.07, 6.45) is 5.28. The fourth-order valence-corrected chi connectivity index (χ4v) is 2.21. The van der Waals surface area contributed by atoms with Gasteiger partial charge in [0.2, 0.25) is 0 Å². The number of fused-ring (bicyclic) bond motifs is 1. The summed E-state index contributed by atoms with van der Waals surface area (Å²) in [5, 5.41) is 1.17. The average Bonchev–Trinajstić information content (AvgIpc) is 2.74. The highest BCUT2D eigenvalue weighted by Crippen LogP contribution is 2.31. The molecule has 0 aliphatic heterocycles. The van der Waals surface area contributed by atoms with Crippen LogP contribution in [-0.2, 0) is 0 Å². The number of para-hydroxylation sites is 1. The highest BCUT2D eigenvalue weighted by atomic mass is 79.9. The molecular weight excluding hydrogens is 266 g/mol. The Morgan fingerprint density at radius 1 is 1.19 bits per heavy atom. The van der Waals surface area contributed by atoms with Crippen molar-refractivity contribution in [2.24, 2.45) is 0 Å². The minimum Gasteiger partial charge on any atom is -0.360 e. The van der Waals surface area contributed by atoms with E-state index < -0.39 is 0 Å². The van der Waals surface area contributed by atoms with E-state index in [0.29, 0.717) is 0 Å². The van der Waals surface area contributed by atoms with Crippen molar-refractivity contribution in [1.29, 1.82) is 0 Å². The Morgan fingerprint density at radius 2 is 2.06 bits per heavy atom. The van der Waals surface area contributed by atoms with E-state index in [9.17, 15) is 0 Å². The van der Waals surface area contributed by atoms with Gasteiger partial charge < -0.3 is 4.98 Å². The lowest BCUT2D eigenvalue weighted by molar-refractivity contribution is 1.16. The number of aromatic nitrogens is 3. The number of nitrogens with one attached hydrogen (secondary N) is 1. The van der Waals surface area contributed by atoms with Crippen LogP contribution in [0.15, 0.2) is 47.5 Å². The molecule has 0 atom stereocenters. The van der Waals surface area contributed by atoms with Crippen LogP contribution in [0.5, 0.6) is 0 Å². The van der Waals surface area contributed by atoms with Gasteiger partial charge in [-0.2, -0.15) is 0 Å². The molecule has 78 valence electrons. The van der Waals surface area contributed by atoms with Crippen LogP contribution >= 0.6 is 15.9 Å². The molecule has 0 fully saturated rings. The van der Waals surface area contributed by atoms with Crippen LogP contribution in [0.2, 0.25) is 0 Å². The molecular formula is C12H8BrN3. The summed E-state index contributed by atoms with van der Waals surface area (Å²) >= 11 is 3.46. The van der Waals surface area contributed by atoms with E-state index in [4.69, 9.17) is 0 Å². The van der Waals surface area contributed by atoms with Gasteiger partial charge in [-0.3, -0.25) is 0 Å². The summed E-state index contributed by atoms with van der Waals surface area (Å²) in [4.78, 5) is 11.5. The van der Waals surface area contributed by atoms with Crippen molar-refractivity contribution in [2.45, 2.75) is 0 Å². The number of aromatic amines is 1. The van der Waals surface area contributed by atoms with Crippen LogP contribution in [0.3, 0.4) is 0 Å². The fourth-order valence-electron chi connectivity index (χ4n) is 1.78. The van der Waals surface area contributed by atoms with Gasteiger partial charge in [0.25, 0.3) is 0 Å². The van der Waals surface area contributed by atoms with E-state index in [-0.39, 0.29) is 0 Å². The zero-order chi connectivity index (χ0) is 11.0. The molecule has 16 heavy (non-hydrogen) atoms. The molecule has 2 heterocycles. The first-order valence-electron chi connectivity index (χ1n) is 4.88. The molecule has 2 aromatic heterocycles. The number of benzene rings is 1. The number of H-pyrrole nitrogens is 1. The van der Waals surface area contributed by atoms with Gasteiger partial charge in [-0.05, 0) is 22.0 Å². The molecule has 0 unspecified atom stereocenters. The summed E-state index contributed by atoms with van der Waals surface area (Å²) in [6.45, 7) is 0. The Bertz CT molecular complexity index is 645. The average molecular weight is 274 g/mol. The Hall–Kier alpha value is -1.68. The lowest BCUT2D eigenvalue weighted by atomic mass is 10.1. The quantitative estimate of drug-likeness (QED) is 0.739. The van der Waals surface area contributed by atoms with Crippen molar-refractivity contribution in [1.82, 2.24) is 15.0 Å². The second-order valence-corrected chi connectivity index (χ2v) is 4.32. The molecule has 0 aliphatic carbocycles. The Morgan fingerprint density at radius 3 is 2.94 bits per heavy atom. The van der Waals surface area contributed by atoms with Gasteiger partial charge in [-0.25, -0.2) is 9.97 Å². The third-order valence-electron chi connectivity index (χ3n) is 2.51. The topological polar surface area (TPSA) is 41.6 Å². The van der Waals surface area contributed by atoms with Gasteiger partial charge >= 0.3 is 0 Å². The van der Waals surface area contributed by atoms with Crippen LogP contribution in [0.4, 0.5) is 0 Å². The third-order valence-corrected chi connectivity index (χ3v) is 3.09. The molecule has 0 saturated carbocycles. The van der Waals surface area contributed by atoms with Crippen LogP contribution in [-0.4, -0.2) is 15.0 Å². The van der Waals surface area contributed by atoms with Crippen molar-refractivity contribution in [3.05, 3.63) is 47.5 Å². The lowest BCUT2D eigenvalue weighted by Gasteiger charge is -2.00. The number of hydrogen-bond acceptors (Lipinski definition) is 2. The molecule has 0 radical (unpaired) electrons. The second-order valence-electron chi connectivity index (χ2n) is 3.47. The van der Waals surface area contributed by atoms with E-state index in [2.05, 4.69) is 36.9 Å². The molecule has 3 nitrogen and oxygen atoms in total. The van der Waals surface area contributed by atoms with Gasteiger partial charge in [0, 0.05) is 28.9 Å². The molecule has 0 aliphatic rings. The fraction of sp³-hybridized carbons (Fsp3) is 0. The van der Waals surface area contributed by atoms with Gasteiger partial charge in [-0.15, -0.1) is 0 Å². The molecule has 4 heteroatoms. The smallest absolute Gasteiger partial charge is 0.116 e. The van der Waals surface area contributed by atoms with Crippen molar-refractivity contribution >= 4 is 26.8 Å². The van der Waals surface area contributed by atoms with Gasteiger partial charge in [0.05, 0.1) is 10.2 Å². The van der Waals surface area contributed by atoms with Crippen molar-refractivity contribution < 1.29 is 0 Å². The zero-order valence-corrected chi connectivity index (χ0v) is 9.90. The molecule has 0 saturated heterocycles. The first kappa shape index (κ1) is 9.54. The highest BCUT2D eigenvalue weighted by Gasteiger charge is 2.09. The number of rotatable bonds is 1. The number of halogens is 1. The lowest BCUT2D eigenvalue weighted by Crippen LogP contribution is -1.85. The first-order chi connectivity index (χ1) is 7.86. The molecule has 0 amide bonds. The maximum Gasteiger partial charge on any atom is 0.116 e. The van der Waals surface area contributed by atoms with Crippen molar-refractivity contribution in [3.8, 4) is 11.3 Å². The monoisotopic (exact) mass is 273 g/mol. The van der Waals surface area contributed by atoms with Gasteiger partial charge in [0.15, 0.2) is 0 Å². The van der Waals surface area contributed by atoms with Crippen LogP contribution < -0.4 is 0 Å². The highest BCUT2D eigenvalue weighted by molar-refractivity contribution is 9.10. The van der Waals surface area contributed by atoms with Gasteiger partial charge in [-0.1, -0.05) is 18.2 Å². The SMILES string of the molecule is Brc1cncnc1-c1c[nH]c2ccccc12. The standard InChI is InChI=1S/C12H8BrN3/c13-10-6-14-7-16-12(10)9-5-15-11-4-2-1-3-8(9)11/h1-7,15H. The number of nitrogens with zero attached hydrogens (tertiary/aromatic N) is 2. The van der Waals surface area contributed by atoms with E-state index in [0.717, 1.165) is 21.2 Å². The summed E-state index contributed by atoms with van der Waals surface area (Å²) in [6, 6.07) is 8.16. The Kier molecular flexibility index (Phi) is 2.22. The summed E-state index contributed by atoms with van der Waals surface area (Å²) in [5.41, 5.74) is 3.11. The minimum atomic E-state index is 0.903. The number of hydrogen-bond donors (Lipinski definition) is 1. The maximum absolute atomic E-state index is 4.29. The van der Waals surface area contributed by atoms with Crippen LogP contribution in [0.1, 0.15) is 0 Å². The second kappa shape index (κ2) is 3.72. The van der Waals surface area contributed by atoms with Crippen molar-refractivity contribution in [2.75, 3.05) is 0 Å². The van der Waals surface area contributed by atoms with Gasteiger partial charge in [0.1, 0.15) is 6.33 Å². The molecule has 0 spiro atoms. The Labute approximate surface area is 101 Å². The normalized spacial score (nSPS) is 10.8. The predicted octanol–water partition coefficient (Wildman–Crippen LogP) is 3.39. The molecule has 1 aromatic carbocycles. The molecule has 3 rings (SSSR count). The van der Waals surface area contributed by atoms with E-state index in [1.54, 1.807) is 12.5 Å². The summed E-state index contributed by atoms with van der Waals surface area (Å²) in [7, 11) is 0. The first-order valence-corrected chi connectivity index (χ1v) is 5.67. The zero-order valence-electron chi connectivity index (χ0n) is 8.31. The van der Waals surface area contributed by atoms with Crippen LogP contribution in [0.25, 0.3) is 22.2 Å². The van der Waals surface area contributed by atoms with E-state index in [1.807, 2.05) is 24.4 Å². The van der Waals surface area contributed by atoms with Crippen LogP contribution in [0, 0.1) is 0 Å². The molecule has 0 bridgehead atoms. The molecule has 1 N–H and O–H groups in total. The predicted molar refractivity (Wildman–Crippen MR) is 67.0 cm³/mol. The third kappa shape index (κ3) is 1.42. The summed E-state index contributed by atoms with van der Waals surface area (Å²) in [5.74, 6) is 0. The Balaban J connectivity index is 2.31. The van der Waals surface area contributed by atoms with Crippen molar-refractivity contribution in [3.63, 3.8) is 0 Å². The largest absolute Gasteiger partial charge is 0.360 e. The molecule has 3 aromatic rings. The maximum atomic E-state index is 4.29. The van der Waals surface area contributed by atoms with E-state index in [1.165, 1.54) is 5.39 Å².